The van der Waals surface area contributed by atoms with Crippen molar-refractivity contribution < 1.29 is 9.90 Å². The van der Waals surface area contributed by atoms with Crippen LogP contribution in [0.4, 0.5) is 10.5 Å². The van der Waals surface area contributed by atoms with E-state index in [1.54, 1.807) is 0 Å². The number of rotatable bonds is 4. The van der Waals surface area contributed by atoms with Gasteiger partial charge in [0.25, 0.3) is 0 Å². The summed E-state index contributed by atoms with van der Waals surface area (Å²) in [6, 6.07) is 29.0. The molecular formula is C28H31N3O2. The first-order valence-electron chi connectivity index (χ1n) is 11.9. The summed E-state index contributed by atoms with van der Waals surface area (Å²) < 4.78 is 0. The van der Waals surface area contributed by atoms with E-state index >= 15 is 0 Å². The average molecular weight is 442 g/mol. The molecule has 2 fully saturated rings. The molecule has 5 nitrogen and oxygen atoms in total. The second kappa shape index (κ2) is 9.77. The minimum Gasteiger partial charge on any atom is -0.395 e. The number of aliphatic hydroxyl groups is 1. The number of aliphatic hydroxyl groups excluding tert-OH is 1. The first kappa shape index (κ1) is 21.7. The van der Waals surface area contributed by atoms with E-state index in [9.17, 15) is 9.90 Å². The number of hydrogen-bond acceptors (Lipinski definition) is 3. The maximum Gasteiger partial charge on any atom is 0.321 e. The molecule has 2 aliphatic heterocycles. The standard InChI is InChI=1S/C28H31N3O2/c32-20-26-27(23-15-13-22(14-16-23)21-9-3-1-4-10-21)25-19-30(17-7-8-18-31(25)26)28(33)29-24-11-5-2-6-12-24/h1-6,9-16,25-27,32H,7-8,17-20H2,(H,29,33)/t25-,26+,27-/m0/s1. The summed E-state index contributed by atoms with van der Waals surface area (Å²) in [5.41, 5.74) is 4.44. The van der Waals surface area contributed by atoms with Crippen LogP contribution >= 0.6 is 0 Å². The average Bonchev–Trinajstić information content (AvgIpc) is 2.84. The fourth-order valence-electron chi connectivity index (χ4n) is 5.38. The number of carbonyl (C=O) groups excluding carboxylic acids is 1. The van der Waals surface area contributed by atoms with Crippen molar-refractivity contribution in [3.05, 3.63) is 90.5 Å². The van der Waals surface area contributed by atoms with Crippen molar-refractivity contribution in [2.75, 3.05) is 31.6 Å². The molecule has 3 aromatic carbocycles. The minimum atomic E-state index is -0.0475. The summed E-state index contributed by atoms with van der Waals surface area (Å²) in [4.78, 5) is 17.4. The van der Waals surface area contributed by atoms with Crippen molar-refractivity contribution >= 4 is 11.7 Å². The lowest BCUT2D eigenvalue weighted by molar-refractivity contribution is -0.0585. The van der Waals surface area contributed by atoms with E-state index in [1.165, 1.54) is 16.7 Å². The Kier molecular flexibility index (Phi) is 6.42. The predicted octanol–water partition coefficient (Wildman–Crippen LogP) is 4.81. The number of amides is 2. The smallest absolute Gasteiger partial charge is 0.321 e. The second-order valence-corrected chi connectivity index (χ2v) is 9.02. The van der Waals surface area contributed by atoms with Crippen LogP contribution in [0.5, 0.6) is 0 Å². The second-order valence-electron chi connectivity index (χ2n) is 9.02. The maximum absolute atomic E-state index is 13.1. The summed E-state index contributed by atoms with van der Waals surface area (Å²) in [5, 5.41) is 13.2. The first-order chi connectivity index (χ1) is 16.2. The molecule has 0 spiro atoms. The van der Waals surface area contributed by atoms with Crippen molar-refractivity contribution in [3.63, 3.8) is 0 Å². The van der Waals surface area contributed by atoms with Gasteiger partial charge < -0.3 is 15.3 Å². The highest BCUT2D eigenvalue weighted by molar-refractivity contribution is 5.89. The van der Waals surface area contributed by atoms with Crippen LogP contribution in [0.3, 0.4) is 0 Å². The molecule has 5 heteroatoms. The predicted molar refractivity (Wildman–Crippen MR) is 132 cm³/mol. The Morgan fingerprint density at radius 3 is 2.18 bits per heavy atom. The Morgan fingerprint density at radius 2 is 1.48 bits per heavy atom. The summed E-state index contributed by atoms with van der Waals surface area (Å²) in [5.74, 6) is 0.213. The molecule has 0 bridgehead atoms. The van der Waals surface area contributed by atoms with Gasteiger partial charge >= 0.3 is 6.03 Å². The lowest BCUT2D eigenvalue weighted by Gasteiger charge is -2.57. The zero-order chi connectivity index (χ0) is 22.6. The Hall–Kier alpha value is -3.15. The number of benzene rings is 3. The molecule has 3 atom stereocenters. The van der Waals surface area contributed by atoms with Crippen LogP contribution < -0.4 is 5.32 Å². The number of nitrogens with zero attached hydrogens (tertiary/aromatic N) is 2. The topological polar surface area (TPSA) is 55.8 Å². The molecule has 33 heavy (non-hydrogen) atoms. The van der Waals surface area contributed by atoms with Gasteiger partial charge in [0.15, 0.2) is 0 Å². The molecule has 2 aliphatic rings. The molecule has 2 amide bonds. The number of urea groups is 1. The van der Waals surface area contributed by atoms with Gasteiger partial charge in [0.2, 0.25) is 0 Å². The lowest BCUT2D eigenvalue weighted by Crippen LogP contribution is -2.68. The Morgan fingerprint density at radius 1 is 0.848 bits per heavy atom. The van der Waals surface area contributed by atoms with Crippen molar-refractivity contribution in [2.24, 2.45) is 0 Å². The third kappa shape index (κ3) is 4.52. The van der Waals surface area contributed by atoms with Gasteiger partial charge in [-0.05, 0) is 48.2 Å². The monoisotopic (exact) mass is 441 g/mol. The van der Waals surface area contributed by atoms with Gasteiger partial charge in [0.1, 0.15) is 0 Å². The summed E-state index contributed by atoms with van der Waals surface area (Å²) in [7, 11) is 0. The molecule has 0 aromatic heterocycles. The third-order valence-electron chi connectivity index (χ3n) is 7.08. The Labute approximate surface area is 195 Å². The van der Waals surface area contributed by atoms with Gasteiger partial charge in [0.05, 0.1) is 6.61 Å². The van der Waals surface area contributed by atoms with E-state index in [4.69, 9.17) is 0 Å². The summed E-state index contributed by atoms with van der Waals surface area (Å²) >= 11 is 0. The molecule has 2 N–H and O–H groups in total. The third-order valence-corrected chi connectivity index (χ3v) is 7.08. The number of carbonyl (C=O) groups is 1. The SMILES string of the molecule is O=C(Nc1ccccc1)N1CCCCN2[C@H](CO)[C@@H](c3ccc(-c4ccccc4)cc3)[C@@H]2C1. The zero-order valence-electron chi connectivity index (χ0n) is 18.8. The molecular weight excluding hydrogens is 410 g/mol. The molecule has 170 valence electrons. The van der Waals surface area contributed by atoms with E-state index < -0.39 is 0 Å². The number of fused-ring (bicyclic) bond motifs is 1. The van der Waals surface area contributed by atoms with E-state index in [0.717, 1.165) is 31.6 Å². The normalized spacial score (nSPS) is 23.1. The highest BCUT2D eigenvalue weighted by Gasteiger charge is 2.49. The van der Waals surface area contributed by atoms with Crippen LogP contribution in [0.1, 0.15) is 24.3 Å². The zero-order valence-corrected chi connectivity index (χ0v) is 18.8. The number of anilines is 1. The van der Waals surface area contributed by atoms with Gasteiger partial charge in [-0.1, -0.05) is 72.8 Å². The first-order valence-corrected chi connectivity index (χ1v) is 11.9. The van der Waals surface area contributed by atoms with Crippen LogP contribution in [0.25, 0.3) is 11.1 Å². The number of nitrogens with one attached hydrogen (secondary N) is 1. The van der Waals surface area contributed by atoms with Crippen molar-refractivity contribution in [1.29, 1.82) is 0 Å². The molecule has 0 saturated carbocycles. The van der Waals surface area contributed by atoms with Gasteiger partial charge in [0, 0.05) is 36.8 Å². The van der Waals surface area contributed by atoms with Gasteiger partial charge in [-0.2, -0.15) is 0 Å². The molecule has 0 unspecified atom stereocenters. The highest BCUT2D eigenvalue weighted by atomic mass is 16.3. The largest absolute Gasteiger partial charge is 0.395 e. The van der Waals surface area contributed by atoms with E-state index in [2.05, 4.69) is 58.7 Å². The molecule has 0 aliphatic carbocycles. The quantitative estimate of drug-likeness (QED) is 0.611. The van der Waals surface area contributed by atoms with Gasteiger partial charge in [-0.25, -0.2) is 4.79 Å². The number of para-hydroxylation sites is 1. The minimum absolute atomic E-state index is 0.0475. The summed E-state index contributed by atoms with van der Waals surface area (Å²) in [6.45, 7) is 2.53. The van der Waals surface area contributed by atoms with Crippen molar-refractivity contribution in [3.8, 4) is 11.1 Å². The van der Waals surface area contributed by atoms with Crippen LogP contribution in [0, 0.1) is 0 Å². The van der Waals surface area contributed by atoms with Crippen LogP contribution in [-0.4, -0.2) is 59.3 Å². The Balaban J connectivity index is 1.35. The molecule has 5 rings (SSSR count). The van der Waals surface area contributed by atoms with Crippen molar-refractivity contribution in [2.45, 2.75) is 30.8 Å². The van der Waals surface area contributed by atoms with Crippen LogP contribution in [-0.2, 0) is 0 Å². The molecule has 3 aromatic rings. The lowest BCUT2D eigenvalue weighted by atomic mass is 9.74. The van der Waals surface area contributed by atoms with E-state index in [-0.39, 0.29) is 30.6 Å². The van der Waals surface area contributed by atoms with Crippen molar-refractivity contribution in [1.82, 2.24) is 9.80 Å². The summed E-state index contributed by atoms with van der Waals surface area (Å²) in [6.07, 6.45) is 2.00. The molecule has 2 saturated heterocycles. The van der Waals surface area contributed by atoms with E-state index in [0.29, 0.717) is 6.54 Å². The fraction of sp³-hybridized carbons (Fsp3) is 0.321. The maximum atomic E-state index is 13.1. The molecule has 0 radical (unpaired) electrons. The molecule has 2 heterocycles. The Bertz CT molecular complexity index is 1060. The van der Waals surface area contributed by atoms with Gasteiger partial charge in [-0.15, -0.1) is 0 Å². The van der Waals surface area contributed by atoms with Crippen LogP contribution in [0.15, 0.2) is 84.9 Å². The van der Waals surface area contributed by atoms with Gasteiger partial charge in [-0.3, -0.25) is 4.90 Å². The van der Waals surface area contributed by atoms with E-state index in [1.807, 2.05) is 41.3 Å². The fourth-order valence-corrected chi connectivity index (χ4v) is 5.38. The highest BCUT2D eigenvalue weighted by Crippen LogP contribution is 2.42. The van der Waals surface area contributed by atoms with Crippen LogP contribution in [0.2, 0.25) is 0 Å². The number of hydrogen-bond donors (Lipinski definition) is 2.